The van der Waals surface area contributed by atoms with Crippen molar-refractivity contribution in [2.45, 2.75) is 20.3 Å². The van der Waals surface area contributed by atoms with Crippen molar-refractivity contribution < 1.29 is 14.3 Å². The first-order chi connectivity index (χ1) is 12.0. The Bertz CT molecular complexity index is 945. The van der Waals surface area contributed by atoms with E-state index in [4.69, 9.17) is 5.84 Å². The van der Waals surface area contributed by atoms with Gasteiger partial charge >= 0.3 is 12.1 Å². The van der Waals surface area contributed by atoms with Gasteiger partial charge in [-0.2, -0.15) is 0 Å². The number of aromatic nitrogens is 2. The zero-order valence-corrected chi connectivity index (χ0v) is 13.9. The summed E-state index contributed by atoms with van der Waals surface area (Å²) in [5, 5.41) is 0. The summed E-state index contributed by atoms with van der Waals surface area (Å²) in [4.78, 5) is 27.9. The third-order valence-electron chi connectivity index (χ3n) is 3.83. The van der Waals surface area contributed by atoms with Crippen LogP contribution in [0, 0.1) is 13.8 Å². The Labute approximate surface area is 144 Å². The number of ether oxygens (including phenoxy) is 1. The summed E-state index contributed by atoms with van der Waals surface area (Å²) in [6.45, 7) is 3.95. The molecule has 0 radical (unpaired) electrons. The van der Waals surface area contributed by atoms with Gasteiger partial charge in [-0.1, -0.05) is 35.9 Å². The number of carbonyl (C=O) groups excluding carboxylic acids is 2. The minimum atomic E-state index is -0.994. The van der Waals surface area contributed by atoms with E-state index in [-0.39, 0.29) is 6.42 Å². The van der Waals surface area contributed by atoms with E-state index in [0.29, 0.717) is 17.0 Å². The first-order valence-electron chi connectivity index (χ1n) is 7.74. The molecule has 0 aliphatic heterocycles. The number of rotatable bonds is 3. The highest BCUT2D eigenvalue weighted by Gasteiger charge is 2.19. The first-order valence-corrected chi connectivity index (χ1v) is 7.74. The second kappa shape index (κ2) is 6.74. The summed E-state index contributed by atoms with van der Waals surface area (Å²) in [5.41, 5.74) is 6.85. The summed E-state index contributed by atoms with van der Waals surface area (Å²) in [6.07, 6.45) is 0.791. The van der Waals surface area contributed by atoms with Crippen LogP contribution in [-0.4, -0.2) is 21.4 Å². The van der Waals surface area contributed by atoms with E-state index in [1.165, 1.54) is 0 Å². The maximum Gasteiger partial charge on any atom is 0.429 e. The van der Waals surface area contributed by atoms with E-state index >= 15 is 0 Å². The molecule has 7 nitrogen and oxygen atoms in total. The Morgan fingerprint density at radius 2 is 1.80 bits per heavy atom. The quantitative estimate of drug-likeness (QED) is 0.251. The summed E-state index contributed by atoms with van der Waals surface area (Å²) in [6, 6.07) is 11.7. The van der Waals surface area contributed by atoms with E-state index in [2.05, 4.69) is 9.72 Å². The molecule has 7 heteroatoms. The Morgan fingerprint density at radius 1 is 1.12 bits per heavy atom. The molecule has 25 heavy (non-hydrogen) atoms. The van der Waals surface area contributed by atoms with Crippen LogP contribution in [0.1, 0.15) is 16.8 Å². The molecule has 1 amide bonds. The fourth-order valence-corrected chi connectivity index (χ4v) is 2.62. The van der Waals surface area contributed by atoms with Gasteiger partial charge < -0.3 is 9.14 Å². The smallest absolute Gasteiger partial charge is 0.375 e. The molecule has 0 fully saturated rings. The molecule has 2 aromatic heterocycles. The number of nitrogens with zero attached hydrogens (tertiary/aromatic N) is 2. The predicted molar refractivity (Wildman–Crippen MR) is 92.6 cm³/mol. The minimum Gasteiger partial charge on any atom is -0.375 e. The van der Waals surface area contributed by atoms with Crippen LogP contribution in [0.5, 0.6) is 0 Å². The van der Waals surface area contributed by atoms with Crippen molar-refractivity contribution in [1.82, 2.24) is 14.8 Å². The van der Waals surface area contributed by atoms with Crippen molar-refractivity contribution in [3.05, 3.63) is 59.4 Å². The summed E-state index contributed by atoms with van der Waals surface area (Å²) < 4.78 is 6.45. The van der Waals surface area contributed by atoms with E-state index in [0.717, 1.165) is 16.7 Å². The van der Waals surface area contributed by atoms with Crippen LogP contribution in [0.15, 0.2) is 42.6 Å². The number of carbonyl (C=O) groups is 2. The third-order valence-corrected chi connectivity index (χ3v) is 3.83. The summed E-state index contributed by atoms with van der Waals surface area (Å²) >= 11 is 0. The molecule has 0 bridgehead atoms. The molecule has 2 heterocycles. The van der Waals surface area contributed by atoms with Crippen LogP contribution >= 0.6 is 0 Å². The van der Waals surface area contributed by atoms with Gasteiger partial charge in [0.05, 0.1) is 17.8 Å². The molecule has 3 rings (SSSR count). The van der Waals surface area contributed by atoms with E-state index in [9.17, 15) is 9.59 Å². The van der Waals surface area contributed by atoms with Crippen molar-refractivity contribution in [3.63, 3.8) is 0 Å². The van der Waals surface area contributed by atoms with Crippen LogP contribution in [0.25, 0.3) is 16.9 Å². The van der Waals surface area contributed by atoms with Crippen LogP contribution in [-0.2, 0) is 16.0 Å². The van der Waals surface area contributed by atoms with Crippen molar-refractivity contribution in [2.75, 3.05) is 0 Å². The molecule has 3 aromatic rings. The number of hydrazine groups is 1. The van der Waals surface area contributed by atoms with E-state index in [1.807, 2.05) is 60.8 Å². The number of esters is 1. The van der Waals surface area contributed by atoms with Crippen LogP contribution in [0.3, 0.4) is 0 Å². The van der Waals surface area contributed by atoms with Gasteiger partial charge in [0.15, 0.2) is 0 Å². The Hall–Kier alpha value is -3.19. The lowest BCUT2D eigenvalue weighted by molar-refractivity contribution is -0.136. The second-order valence-electron chi connectivity index (χ2n) is 5.79. The number of amides is 1. The Kier molecular flexibility index (Phi) is 4.49. The molecule has 0 saturated heterocycles. The van der Waals surface area contributed by atoms with Gasteiger partial charge in [0.1, 0.15) is 5.65 Å². The highest BCUT2D eigenvalue weighted by atomic mass is 16.6. The van der Waals surface area contributed by atoms with Gasteiger partial charge in [-0.25, -0.2) is 15.6 Å². The lowest BCUT2D eigenvalue weighted by Gasteiger charge is -2.06. The molecule has 0 saturated carbocycles. The van der Waals surface area contributed by atoms with Gasteiger partial charge in [-0.3, -0.25) is 10.2 Å². The number of hydrogen-bond acceptors (Lipinski definition) is 5. The number of nitrogens with one attached hydrogen (secondary N) is 1. The van der Waals surface area contributed by atoms with Gasteiger partial charge in [0, 0.05) is 11.8 Å². The maximum atomic E-state index is 12.1. The average molecular weight is 338 g/mol. The summed E-state index contributed by atoms with van der Waals surface area (Å²) in [7, 11) is 0. The molecule has 0 atom stereocenters. The van der Waals surface area contributed by atoms with Gasteiger partial charge in [0.25, 0.3) is 0 Å². The molecule has 0 aliphatic rings. The largest absolute Gasteiger partial charge is 0.429 e. The number of fused-ring (bicyclic) bond motifs is 1. The maximum absolute atomic E-state index is 12.1. The zero-order chi connectivity index (χ0) is 18.0. The average Bonchev–Trinajstić information content (AvgIpc) is 2.93. The van der Waals surface area contributed by atoms with Gasteiger partial charge in [-0.15, -0.1) is 0 Å². The lowest BCUT2D eigenvalue weighted by Crippen LogP contribution is -2.33. The van der Waals surface area contributed by atoms with Crippen LogP contribution < -0.4 is 11.3 Å². The molecular formula is C18H18N4O3. The number of aryl methyl sites for hydroxylation is 2. The standard InChI is InChI=1S/C18H18N4O3/c1-11-3-6-13(7-4-11)17-14(9-16(23)25-18(24)21-19)22-10-12(2)5-8-15(22)20-17/h3-8,10H,9,19H2,1-2H3,(H,21,24). The van der Waals surface area contributed by atoms with Crippen molar-refractivity contribution >= 4 is 17.7 Å². The van der Waals surface area contributed by atoms with E-state index in [1.54, 1.807) is 5.43 Å². The normalized spacial score (nSPS) is 10.7. The molecule has 0 aliphatic carbocycles. The van der Waals surface area contributed by atoms with Crippen molar-refractivity contribution in [1.29, 1.82) is 0 Å². The van der Waals surface area contributed by atoms with Gasteiger partial charge in [0.2, 0.25) is 0 Å². The molecule has 3 N–H and O–H groups in total. The molecule has 1 aromatic carbocycles. The van der Waals surface area contributed by atoms with Crippen LogP contribution in [0.4, 0.5) is 4.79 Å². The van der Waals surface area contributed by atoms with Gasteiger partial charge in [-0.05, 0) is 25.5 Å². The topological polar surface area (TPSA) is 98.7 Å². The lowest BCUT2D eigenvalue weighted by atomic mass is 10.1. The SMILES string of the molecule is Cc1ccc(-c2nc3ccc(C)cn3c2CC(=O)OC(=O)NN)cc1. The van der Waals surface area contributed by atoms with E-state index < -0.39 is 12.1 Å². The third kappa shape index (κ3) is 3.51. The number of imidazole rings is 1. The number of hydrogen-bond donors (Lipinski definition) is 2. The molecule has 0 spiro atoms. The number of pyridine rings is 1. The first kappa shape index (κ1) is 16.7. The monoisotopic (exact) mass is 338 g/mol. The predicted octanol–water partition coefficient (Wildman–Crippen LogP) is 2.29. The molecular weight excluding hydrogens is 320 g/mol. The highest BCUT2D eigenvalue weighted by Crippen LogP contribution is 2.26. The van der Waals surface area contributed by atoms with Crippen LogP contribution in [0.2, 0.25) is 0 Å². The minimum absolute atomic E-state index is 0.110. The Morgan fingerprint density at radius 3 is 2.48 bits per heavy atom. The number of benzene rings is 1. The molecule has 128 valence electrons. The van der Waals surface area contributed by atoms with Crippen molar-refractivity contribution in [2.24, 2.45) is 5.84 Å². The van der Waals surface area contributed by atoms with Crippen molar-refractivity contribution in [3.8, 4) is 11.3 Å². The molecule has 0 unspecified atom stereocenters. The summed E-state index contributed by atoms with van der Waals surface area (Å²) in [5.74, 6) is 4.24. The number of nitrogens with two attached hydrogens (primary N) is 1. The second-order valence-corrected chi connectivity index (χ2v) is 5.79. The zero-order valence-electron chi connectivity index (χ0n) is 13.9. The fraction of sp³-hybridized carbons (Fsp3) is 0.167. The highest BCUT2D eigenvalue weighted by molar-refractivity contribution is 5.86. The Balaban J connectivity index is 2.08. The fourth-order valence-electron chi connectivity index (χ4n) is 2.62.